The van der Waals surface area contributed by atoms with E-state index >= 15 is 0 Å². The number of hydrogen-bond acceptors (Lipinski definition) is 6. The van der Waals surface area contributed by atoms with Crippen molar-refractivity contribution < 1.29 is 19.4 Å². The molecule has 7 heteroatoms. The van der Waals surface area contributed by atoms with Gasteiger partial charge in [0, 0.05) is 44.9 Å². The Balaban J connectivity index is 1.29. The smallest absolute Gasteiger partial charge is 0.263 e. The van der Waals surface area contributed by atoms with E-state index in [1.165, 1.54) is 4.90 Å². The normalized spacial score (nSPS) is 21.7. The Morgan fingerprint density at radius 1 is 0.968 bits per heavy atom. The predicted octanol–water partition coefficient (Wildman–Crippen LogP) is 2.49. The van der Waals surface area contributed by atoms with E-state index in [9.17, 15) is 14.7 Å². The van der Waals surface area contributed by atoms with Crippen LogP contribution in [-0.2, 0) is 11.3 Å². The standard InChI is InChI=1S/C24H27N3O4/c28-21-9-2-1-5-17(21)15-25-10-12-26(13-11-25)20-8-3-7-19-22(20)24(30)27(23(19)29)16-18-6-4-14-31-18/h1-3,5,7-9,18,28H,4,6,10-16H2. The molecule has 2 aromatic carbocycles. The van der Waals surface area contributed by atoms with Crippen LogP contribution in [0.25, 0.3) is 0 Å². The molecule has 1 N–H and O–H groups in total. The van der Waals surface area contributed by atoms with Crippen molar-refractivity contribution in [3.63, 3.8) is 0 Å². The molecule has 1 atom stereocenters. The third-order valence-corrected chi connectivity index (χ3v) is 6.49. The maximum Gasteiger partial charge on any atom is 0.263 e. The van der Waals surface area contributed by atoms with Crippen molar-refractivity contribution >= 4 is 17.5 Å². The van der Waals surface area contributed by atoms with E-state index in [1.54, 1.807) is 12.1 Å². The molecule has 1 unspecified atom stereocenters. The van der Waals surface area contributed by atoms with Gasteiger partial charge in [-0.15, -0.1) is 0 Å². The van der Waals surface area contributed by atoms with Crippen LogP contribution in [-0.4, -0.2) is 72.2 Å². The lowest BCUT2D eigenvalue weighted by atomic mass is 10.1. The van der Waals surface area contributed by atoms with Gasteiger partial charge in [-0.2, -0.15) is 0 Å². The van der Waals surface area contributed by atoms with Crippen LogP contribution in [0.15, 0.2) is 42.5 Å². The number of carbonyl (C=O) groups excluding carboxylic acids is 2. The van der Waals surface area contributed by atoms with Crippen molar-refractivity contribution in [2.45, 2.75) is 25.5 Å². The molecule has 3 aliphatic rings. The van der Waals surface area contributed by atoms with Gasteiger partial charge in [-0.1, -0.05) is 24.3 Å². The first-order valence-corrected chi connectivity index (χ1v) is 11.0. The number of phenolic OH excluding ortho intramolecular Hbond substituents is 1. The van der Waals surface area contributed by atoms with Crippen molar-refractivity contribution in [1.82, 2.24) is 9.80 Å². The lowest BCUT2D eigenvalue weighted by molar-refractivity contribution is 0.0475. The number of para-hydroxylation sites is 1. The third-order valence-electron chi connectivity index (χ3n) is 6.49. The highest BCUT2D eigenvalue weighted by Crippen LogP contribution is 2.33. The zero-order chi connectivity index (χ0) is 21.4. The molecule has 0 radical (unpaired) electrons. The van der Waals surface area contributed by atoms with Gasteiger partial charge in [0.25, 0.3) is 11.8 Å². The Labute approximate surface area is 181 Å². The van der Waals surface area contributed by atoms with E-state index in [2.05, 4.69) is 9.80 Å². The highest BCUT2D eigenvalue weighted by atomic mass is 16.5. The van der Waals surface area contributed by atoms with E-state index in [4.69, 9.17) is 4.74 Å². The monoisotopic (exact) mass is 421 g/mol. The number of carbonyl (C=O) groups is 2. The topological polar surface area (TPSA) is 73.3 Å². The second kappa shape index (κ2) is 8.32. The van der Waals surface area contributed by atoms with Gasteiger partial charge in [-0.05, 0) is 31.0 Å². The van der Waals surface area contributed by atoms with Crippen LogP contribution >= 0.6 is 0 Å². The minimum Gasteiger partial charge on any atom is -0.508 e. The summed E-state index contributed by atoms with van der Waals surface area (Å²) < 4.78 is 5.65. The second-order valence-corrected chi connectivity index (χ2v) is 8.45. The molecule has 3 heterocycles. The highest BCUT2D eigenvalue weighted by Gasteiger charge is 2.40. The van der Waals surface area contributed by atoms with Crippen LogP contribution in [0.4, 0.5) is 5.69 Å². The van der Waals surface area contributed by atoms with Crippen molar-refractivity contribution in [1.29, 1.82) is 0 Å². The third kappa shape index (κ3) is 3.79. The number of phenols is 1. The number of ether oxygens (including phenoxy) is 1. The van der Waals surface area contributed by atoms with E-state index in [0.717, 1.165) is 50.3 Å². The molecule has 0 aromatic heterocycles. The molecular weight excluding hydrogens is 394 g/mol. The summed E-state index contributed by atoms with van der Waals surface area (Å²) in [5, 5.41) is 10.0. The zero-order valence-electron chi connectivity index (χ0n) is 17.5. The van der Waals surface area contributed by atoms with E-state index in [-0.39, 0.29) is 17.9 Å². The van der Waals surface area contributed by atoms with Crippen LogP contribution < -0.4 is 4.90 Å². The minimum absolute atomic E-state index is 0.0522. The summed E-state index contributed by atoms with van der Waals surface area (Å²) in [5.74, 6) is -0.0977. The molecule has 162 valence electrons. The summed E-state index contributed by atoms with van der Waals surface area (Å²) in [4.78, 5) is 32.0. The highest BCUT2D eigenvalue weighted by molar-refractivity contribution is 6.23. The number of aromatic hydroxyl groups is 1. The van der Waals surface area contributed by atoms with Crippen molar-refractivity contribution in [2.75, 3.05) is 44.2 Å². The van der Waals surface area contributed by atoms with Gasteiger partial charge in [-0.25, -0.2) is 0 Å². The van der Waals surface area contributed by atoms with E-state index < -0.39 is 0 Å². The number of benzene rings is 2. The molecule has 31 heavy (non-hydrogen) atoms. The minimum atomic E-state index is -0.212. The number of hydrogen-bond donors (Lipinski definition) is 1. The van der Waals surface area contributed by atoms with Gasteiger partial charge in [0.15, 0.2) is 0 Å². The fourth-order valence-corrected chi connectivity index (χ4v) is 4.77. The van der Waals surface area contributed by atoms with Gasteiger partial charge in [0.05, 0.1) is 29.5 Å². The fraction of sp³-hybridized carbons (Fsp3) is 0.417. The van der Waals surface area contributed by atoms with Gasteiger partial charge in [-0.3, -0.25) is 19.4 Å². The number of rotatable bonds is 5. The Morgan fingerprint density at radius 2 is 1.77 bits per heavy atom. The molecule has 0 saturated carbocycles. The SMILES string of the molecule is O=C1c2cccc(N3CCN(Cc4ccccc4O)CC3)c2C(=O)N1CC1CCCO1. The Kier molecular flexibility index (Phi) is 5.38. The maximum absolute atomic E-state index is 13.2. The molecule has 2 saturated heterocycles. The lowest BCUT2D eigenvalue weighted by Crippen LogP contribution is -2.46. The number of fused-ring (bicyclic) bond motifs is 1. The summed E-state index contributed by atoms with van der Waals surface area (Å²) in [6, 6.07) is 13.0. The largest absolute Gasteiger partial charge is 0.508 e. The molecule has 5 rings (SSSR count). The molecule has 2 aromatic rings. The van der Waals surface area contributed by atoms with E-state index in [0.29, 0.717) is 36.6 Å². The van der Waals surface area contributed by atoms with Crippen molar-refractivity contribution in [2.24, 2.45) is 0 Å². The molecule has 0 bridgehead atoms. The molecule has 2 fully saturated rings. The van der Waals surface area contributed by atoms with Gasteiger partial charge in [0.2, 0.25) is 0 Å². The summed E-state index contributed by atoms with van der Waals surface area (Å²) in [7, 11) is 0. The zero-order valence-corrected chi connectivity index (χ0v) is 17.5. The molecule has 0 aliphatic carbocycles. The molecular formula is C24H27N3O4. The quantitative estimate of drug-likeness (QED) is 0.748. The van der Waals surface area contributed by atoms with Gasteiger partial charge in [0.1, 0.15) is 5.75 Å². The second-order valence-electron chi connectivity index (χ2n) is 8.45. The summed E-state index contributed by atoms with van der Waals surface area (Å²) in [5.41, 5.74) is 2.78. The first-order valence-electron chi connectivity index (χ1n) is 11.0. The van der Waals surface area contributed by atoms with Crippen LogP contribution in [0.1, 0.15) is 39.1 Å². The first kappa shape index (κ1) is 20.0. The van der Waals surface area contributed by atoms with Gasteiger partial charge < -0.3 is 14.7 Å². The molecule has 0 spiro atoms. The van der Waals surface area contributed by atoms with Gasteiger partial charge >= 0.3 is 0 Å². The van der Waals surface area contributed by atoms with Crippen LogP contribution in [0.2, 0.25) is 0 Å². The van der Waals surface area contributed by atoms with Crippen molar-refractivity contribution in [3.05, 3.63) is 59.2 Å². The summed E-state index contributed by atoms with van der Waals surface area (Å²) in [6.45, 7) is 4.89. The first-order chi connectivity index (χ1) is 15.1. The average Bonchev–Trinajstić information content (AvgIpc) is 3.39. The summed E-state index contributed by atoms with van der Waals surface area (Å²) >= 11 is 0. The molecule has 2 amide bonds. The number of piperazine rings is 1. The predicted molar refractivity (Wildman–Crippen MR) is 116 cm³/mol. The summed E-state index contributed by atoms with van der Waals surface area (Å²) in [6.07, 6.45) is 1.81. The number of imide groups is 1. The Hall–Kier alpha value is -2.90. The van der Waals surface area contributed by atoms with Crippen LogP contribution in [0, 0.1) is 0 Å². The van der Waals surface area contributed by atoms with Crippen LogP contribution in [0.3, 0.4) is 0 Å². The molecule has 3 aliphatic heterocycles. The Morgan fingerprint density at radius 3 is 2.52 bits per heavy atom. The fourth-order valence-electron chi connectivity index (χ4n) is 4.77. The molecule has 7 nitrogen and oxygen atoms in total. The van der Waals surface area contributed by atoms with Crippen LogP contribution in [0.5, 0.6) is 5.75 Å². The van der Waals surface area contributed by atoms with E-state index in [1.807, 2.05) is 30.3 Å². The Bertz CT molecular complexity index is 994. The maximum atomic E-state index is 13.2. The average molecular weight is 421 g/mol. The number of anilines is 1. The lowest BCUT2D eigenvalue weighted by Gasteiger charge is -2.36. The van der Waals surface area contributed by atoms with Crippen molar-refractivity contribution in [3.8, 4) is 5.75 Å². The number of nitrogens with zero attached hydrogens (tertiary/aromatic N) is 3. The number of amides is 2.